The van der Waals surface area contributed by atoms with Crippen LogP contribution in [0, 0.1) is 40.7 Å². The molecule has 4 N–H and O–H groups in total. The molecule has 2 aromatic carbocycles. The molecule has 5 aliphatic rings. The van der Waals surface area contributed by atoms with Crippen LogP contribution in [0.15, 0.2) is 24.3 Å². The van der Waals surface area contributed by atoms with Crippen LogP contribution < -0.4 is 20.9 Å². The van der Waals surface area contributed by atoms with Gasteiger partial charge in [-0.3, -0.25) is 9.59 Å². The Morgan fingerprint density at radius 3 is 1.95 bits per heavy atom. The molecule has 0 saturated heterocycles. The molecule has 0 aromatic heterocycles. The lowest BCUT2D eigenvalue weighted by Gasteiger charge is -2.48. The number of hydrogen-bond donors (Lipinski definition) is 2. The number of hydrogen-bond acceptors (Lipinski definition) is 6. The number of nitrogens with two attached hydrogens (primary N) is 2. The fourth-order valence-corrected chi connectivity index (χ4v) is 11.8. The Balaban J connectivity index is 0.922. The van der Waals surface area contributed by atoms with Crippen molar-refractivity contribution in [3.63, 3.8) is 0 Å². The van der Waals surface area contributed by atoms with E-state index in [9.17, 15) is 9.59 Å². The second-order valence-corrected chi connectivity index (χ2v) is 20.1. The molecule has 3 saturated carbocycles. The molecule has 8 heteroatoms. The monoisotopic (exact) mass is 775 g/mol. The second kappa shape index (κ2) is 16.8. The number of unbranched alkanes of at least 4 members (excludes halogenated alkanes) is 1. The SMILES string of the molecule is CC(C)(CCCCC1CC[C@H]2Cc3c(F)cc(OC(=O)C4CCCCC4)cc3[C@@](C)(CC1)[C@H]2N)CC(=O)Oc1cc(F)c2c(c1)[C@@]1(C)CCCCC[C@@H](C2)[C@@H]1N. The number of halogens is 2. The molecular weight excluding hydrogens is 707 g/mol. The lowest BCUT2D eigenvalue weighted by molar-refractivity contribution is -0.140. The van der Waals surface area contributed by atoms with Gasteiger partial charge in [0.15, 0.2) is 0 Å². The largest absolute Gasteiger partial charge is 0.426 e. The van der Waals surface area contributed by atoms with E-state index in [-0.39, 0.29) is 70.7 Å². The standard InChI is InChI=1S/C48H68F2N2O4/c1-46(2,29-42(53)55-34-25-38-36(40(49)27-34)23-32-16-9-6-11-21-47(38,3)43(32)51)20-12-10-13-30-17-18-33-24-37-39(48(4,22-19-30)44(33)52)26-35(28-41(37)50)56-45(54)31-14-7-5-8-15-31/h25-28,30-33,43-44H,5-24,29,51-52H2,1-4H3/t30?,32-,33-,43-,44-,47+,48+/m0/s1. The van der Waals surface area contributed by atoms with Crippen molar-refractivity contribution >= 4 is 11.9 Å². The van der Waals surface area contributed by atoms with Crippen molar-refractivity contribution in [2.24, 2.45) is 40.6 Å². The first-order valence-electron chi connectivity index (χ1n) is 22.3. The van der Waals surface area contributed by atoms with Gasteiger partial charge in [-0.15, -0.1) is 0 Å². The van der Waals surface area contributed by atoms with E-state index in [0.29, 0.717) is 30.3 Å². The summed E-state index contributed by atoms with van der Waals surface area (Å²) in [5.74, 6) is 0.441. The van der Waals surface area contributed by atoms with Gasteiger partial charge in [-0.2, -0.15) is 0 Å². The Morgan fingerprint density at radius 1 is 0.714 bits per heavy atom. The predicted molar refractivity (Wildman–Crippen MR) is 218 cm³/mol. The third kappa shape index (κ3) is 8.63. The fourth-order valence-electron chi connectivity index (χ4n) is 11.8. The van der Waals surface area contributed by atoms with Crippen LogP contribution in [-0.2, 0) is 33.3 Å². The van der Waals surface area contributed by atoms with Gasteiger partial charge >= 0.3 is 11.9 Å². The molecule has 0 spiro atoms. The number of ether oxygens (including phenoxy) is 2. The van der Waals surface area contributed by atoms with E-state index >= 15 is 8.78 Å². The Kier molecular flexibility index (Phi) is 12.4. The summed E-state index contributed by atoms with van der Waals surface area (Å²) in [6, 6.07) is 6.54. The van der Waals surface area contributed by atoms with E-state index in [4.69, 9.17) is 20.9 Å². The molecule has 0 heterocycles. The molecule has 0 amide bonds. The number of carbonyl (C=O) groups excluding carboxylic acids is 2. The summed E-state index contributed by atoms with van der Waals surface area (Å²) in [5.41, 5.74) is 16.2. The quantitative estimate of drug-likeness (QED) is 0.141. The van der Waals surface area contributed by atoms with Gasteiger partial charge in [0.05, 0.1) is 12.3 Å². The predicted octanol–water partition coefficient (Wildman–Crippen LogP) is 10.7. The smallest absolute Gasteiger partial charge is 0.314 e. The average molecular weight is 775 g/mol. The zero-order chi connectivity index (χ0) is 39.8. The van der Waals surface area contributed by atoms with Crippen LogP contribution in [0.1, 0.15) is 172 Å². The molecule has 0 aliphatic heterocycles. The Hall–Kier alpha value is -2.84. The molecule has 2 aromatic rings. The van der Waals surface area contributed by atoms with Crippen LogP contribution >= 0.6 is 0 Å². The van der Waals surface area contributed by atoms with Crippen LogP contribution in [0.3, 0.4) is 0 Å². The molecule has 0 radical (unpaired) electrons. The molecule has 1 unspecified atom stereocenters. The topological polar surface area (TPSA) is 105 Å². The van der Waals surface area contributed by atoms with Gasteiger partial charge < -0.3 is 20.9 Å². The van der Waals surface area contributed by atoms with Gasteiger partial charge in [0.25, 0.3) is 0 Å². The number of esters is 2. The van der Waals surface area contributed by atoms with E-state index in [1.54, 1.807) is 0 Å². The third-order valence-corrected chi connectivity index (χ3v) is 15.5. The van der Waals surface area contributed by atoms with Gasteiger partial charge in [-0.05, 0) is 122 Å². The van der Waals surface area contributed by atoms with Crippen LogP contribution in [0.25, 0.3) is 0 Å². The normalized spacial score (nSPS) is 30.8. The first-order valence-corrected chi connectivity index (χ1v) is 22.3. The molecule has 7 atom stereocenters. The van der Waals surface area contributed by atoms with Crippen molar-refractivity contribution in [2.45, 2.75) is 185 Å². The van der Waals surface area contributed by atoms with E-state index in [0.717, 1.165) is 131 Å². The zero-order valence-electron chi connectivity index (χ0n) is 34.7. The molecule has 5 aliphatic carbocycles. The first-order chi connectivity index (χ1) is 26.7. The average Bonchev–Trinajstić information content (AvgIpc) is 3.15. The van der Waals surface area contributed by atoms with Crippen molar-refractivity contribution in [2.75, 3.05) is 0 Å². The highest BCUT2D eigenvalue weighted by molar-refractivity contribution is 5.75. The van der Waals surface area contributed by atoms with Gasteiger partial charge in [0, 0.05) is 35.0 Å². The molecule has 6 nitrogen and oxygen atoms in total. The molecule has 56 heavy (non-hydrogen) atoms. The minimum absolute atomic E-state index is 0.0274. The van der Waals surface area contributed by atoms with E-state index in [2.05, 4.69) is 27.7 Å². The van der Waals surface area contributed by atoms with E-state index < -0.39 is 5.41 Å². The molecule has 7 rings (SSSR count). The number of rotatable bonds is 10. The van der Waals surface area contributed by atoms with Gasteiger partial charge in [0.2, 0.25) is 0 Å². The van der Waals surface area contributed by atoms with Crippen molar-refractivity contribution in [3.05, 3.63) is 58.2 Å². The number of carbonyl (C=O) groups is 2. The highest BCUT2D eigenvalue weighted by atomic mass is 19.1. The summed E-state index contributed by atoms with van der Waals surface area (Å²) >= 11 is 0. The fraction of sp³-hybridized carbons (Fsp3) is 0.708. The lowest BCUT2D eigenvalue weighted by Crippen LogP contribution is -2.53. The minimum Gasteiger partial charge on any atom is -0.426 e. The van der Waals surface area contributed by atoms with Crippen LogP contribution in [0.4, 0.5) is 8.78 Å². The maximum atomic E-state index is 15.7. The Morgan fingerprint density at radius 2 is 1.29 bits per heavy atom. The van der Waals surface area contributed by atoms with Crippen LogP contribution in [0.5, 0.6) is 11.5 Å². The minimum atomic E-state index is -0.393. The summed E-state index contributed by atoms with van der Waals surface area (Å²) < 4.78 is 43.0. The summed E-state index contributed by atoms with van der Waals surface area (Å²) in [6.07, 6.45) is 19.8. The first kappa shape index (κ1) is 41.3. The maximum Gasteiger partial charge on any atom is 0.314 e. The number of benzene rings is 2. The summed E-state index contributed by atoms with van der Waals surface area (Å²) in [4.78, 5) is 26.3. The molecule has 4 bridgehead atoms. The maximum absolute atomic E-state index is 15.7. The lowest BCUT2D eigenvalue weighted by atomic mass is 9.58. The molecular formula is C48H68F2N2O4. The van der Waals surface area contributed by atoms with Gasteiger partial charge in [0.1, 0.15) is 23.1 Å². The third-order valence-electron chi connectivity index (χ3n) is 15.5. The highest BCUT2D eigenvalue weighted by Crippen LogP contribution is 2.50. The van der Waals surface area contributed by atoms with Crippen molar-refractivity contribution in [1.82, 2.24) is 0 Å². The Labute approximate surface area is 334 Å². The van der Waals surface area contributed by atoms with Gasteiger partial charge in [-0.25, -0.2) is 8.78 Å². The summed E-state index contributed by atoms with van der Waals surface area (Å²) in [6.45, 7) is 8.61. The van der Waals surface area contributed by atoms with Crippen LogP contribution in [-0.4, -0.2) is 24.0 Å². The molecule has 3 fully saturated rings. The van der Waals surface area contributed by atoms with Crippen molar-refractivity contribution in [1.29, 1.82) is 0 Å². The second-order valence-electron chi connectivity index (χ2n) is 20.1. The molecule has 308 valence electrons. The zero-order valence-corrected chi connectivity index (χ0v) is 34.7. The van der Waals surface area contributed by atoms with E-state index in [1.807, 2.05) is 12.1 Å². The van der Waals surface area contributed by atoms with Crippen molar-refractivity contribution < 1.29 is 27.8 Å². The summed E-state index contributed by atoms with van der Waals surface area (Å²) in [7, 11) is 0. The summed E-state index contributed by atoms with van der Waals surface area (Å²) in [5, 5.41) is 0. The van der Waals surface area contributed by atoms with E-state index in [1.165, 1.54) is 18.6 Å². The Bertz CT molecular complexity index is 1750. The van der Waals surface area contributed by atoms with Crippen molar-refractivity contribution in [3.8, 4) is 11.5 Å². The number of fused-ring (bicyclic) bond motifs is 8. The van der Waals surface area contributed by atoms with Crippen LogP contribution in [0.2, 0.25) is 0 Å². The highest BCUT2D eigenvalue weighted by Gasteiger charge is 2.47. The van der Waals surface area contributed by atoms with Gasteiger partial charge in [-0.1, -0.05) is 91.9 Å².